The Morgan fingerprint density at radius 2 is 0.757 bits per heavy atom. The summed E-state index contributed by atoms with van der Waals surface area (Å²) < 4.78 is 20.8. The molecule has 0 N–H and O–H groups in total. The van der Waals surface area contributed by atoms with Gasteiger partial charge in [-0.3, -0.25) is 0 Å². The molecular weight excluding hydrogens is 512 g/mol. The molecule has 10 radical (unpaired) electrons. The first-order valence-corrected chi connectivity index (χ1v) is 11.1. The number of carboxylic acid groups (broad SMARTS) is 2. The molecule has 37 heavy (non-hydrogen) atoms. The van der Waals surface area contributed by atoms with Gasteiger partial charge in [0.05, 0.1) is 11.9 Å². The van der Waals surface area contributed by atoms with Crippen molar-refractivity contribution in [1.82, 2.24) is 0 Å². The summed E-state index contributed by atoms with van der Waals surface area (Å²) >= 11 is 0. The minimum Gasteiger partial charge on any atom is -0.545 e. The van der Waals surface area contributed by atoms with Gasteiger partial charge in [-0.05, 0) is 101 Å². The van der Waals surface area contributed by atoms with Gasteiger partial charge in [0.2, 0.25) is 0 Å². The molecule has 0 saturated heterocycles. The molecule has 2 aliphatic heterocycles. The standard InChI is InChI=1S/2C9H8O4.2C5H5.Ti/c2*10-9(11)6-1-2-7-8(5-6)13-4-3-12-7;2*1-2-4-5-3-1;/h2*1-2,5H,3-4H2,(H,10,11);2*1-5H;/q;;;;+4/p-2. The van der Waals surface area contributed by atoms with Gasteiger partial charge in [-0.25, -0.2) is 0 Å². The average Bonchev–Trinajstić information content (AvgIpc) is 3.68. The van der Waals surface area contributed by atoms with Gasteiger partial charge in [0.25, 0.3) is 0 Å². The van der Waals surface area contributed by atoms with Gasteiger partial charge >= 0.3 is 21.7 Å². The van der Waals surface area contributed by atoms with Crippen molar-refractivity contribution < 1.29 is 60.5 Å². The molecule has 2 heterocycles. The fourth-order valence-electron chi connectivity index (χ4n) is 2.98. The second-order valence-electron chi connectivity index (χ2n) is 7.22. The molecule has 6 rings (SSSR count). The zero-order chi connectivity index (χ0) is 25.6. The monoisotopic (exact) mass is 536 g/mol. The summed E-state index contributed by atoms with van der Waals surface area (Å²) in [4.78, 5) is 21.0. The van der Waals surface area contributed by atoms with E-state index in [2.05, 4.69) is 0 Å². The molecule has 0 unspecified atom stereocenters. The SMILES string of the molecule is O=C([O-])c1ccc2c(c1)OCCO2.O=C([O-])c1ccc2c(c1)OCCO2.[CH]1[CH][CH][CH][CH]1.[CH]1[CH][CH][CH][CH]1.[Ti+4]. The zero-order valence-electron chi connectivity index (χ0n) is 19.8. The van der Waals surface area contributed by atoms with Crippen LogP contribution in [0, 0.1) is 64.2 Å². The van der Waals surface area contributed by atoms with E-state index in [4.69, 9.17) is 18.9 Å². The maximum Gasteiger partial charge on any atom is 4.00 e. The van der Waals surface area contributed by atoms with Crippen molar-refractivity contribution in [3.05, 3.63) is 112 Å². The normalized spacial score (nSPS) is 16.2. The third kappa shape index (κ3) is 10.7. The summed E-state index contributed by atoms with van der Waals surface area (Å²) in [5.41, 5.74) is 0.202. The minimum atomic E-state index is -1.21. The Morgan fingerprint density at radius 1 is 0.486 bits per heavy atom. The summed E-state index contributed by atoms with van der Waals surface area (Å²) in [7, 11) is 0. The first-order valence-electron chi connectivity index (χ1n) is 11.1. The van der Waals surface area contributed by atoms with E-state index in [1.165, 1.54) is 24.3 Å². The molecule has 0 bridgehead atoms. The van der Waals surface area contributed by atoms with Crippen LogP contribution in [-0.4, -0.2) is 38.4 Å². The van der Waals surface area contributed by atoms with E-state index >= 15 is 0 Å². The summed E-state index contributed by atoms with van der Waals surface area (Å²) in [5, 5.41) is 21.0. The number of carbonyl (C=O) groups excluding carboxylic acids is 2. The van der Waals surface area contributed by atoms with Crippen molar-refractivity contribution in [3.63, 3.8) is 0 Å². The molecule has 2 aromatic rings. The van der Waals surface area contributed by atoms with Gasteiger partial charge in [0.15, 0.2) is 23.0 Å². The Bertz CT molecular complexity index is 891. The number of carboxylic acids is 2. The van der Waals surface area contributed by atoms with Crippen LogP contribution in [0.15, 0.2) is 36.4 Å². The summed E-state index contributed by atoms with van der Waals surface area (Å²) in [6.07, 6.45) is 20.0. The number of ether oxygens (including phenoxy) is 4. The third-order valence-electron chi connectivity index (χ3n) is 4.67. The Balaban J connectivity index is 0.000000187. The van der Waals surface area contributed by atoms with Crippen LogP contribution in [0.25, 0.3) is 0 Å². The molecule has 0 amide bonds. The van der Waals surface area contributed by atoms with Gasteiger partial charge in [-0.2, -0.15) is 0 Å². The summed E-state index contributed by atoms with van der Waals surface area (Å²) in [5.74, 6) is -0.331. The van der Waals surface area contributed by atoms with E-state index in [-0.39, 0.29) is 32.8 Å². The number of rotatable bonds is 2. The Morgan fingerprint density at radius 3 is 1.03 bits per heavy atom. The Hall–Kier alpha value is -2.71. The fourth-order valence-corrected chi connectivity index (χ4v) is 2.98. The molecule has 2 aliphatic carbocycles. The van der Waals surface area contributed by atoms with Crippen LogP contribution in [0.1, 0.15) is 20.7 Å². The molecule has 8 nitrogen and oxygen atoms in total. The van der Waals surface area contributed by atoms with Crippen LogP contribution in [0.4, 0.5) is 0 Å². The molecule has 2 saturated carbocycles. The predicted molar refractivity (Wildman–Crippen MR) is 127 cm³/mol. The smallest absolute Gasteiger partial charge is 0.545 e. The molecule has 0 aromatic heterocycles. The van der Waals surface area contributed by atoms with E-state index < -0.39 is 11.9 Å². The van der Waals surface area contributed by atoms with Crippen LogP contribution in [0.5, 0.6) is 23.0 Å². The van der Waals surface area contributed by atoms with Crippen LogP contribution in [0.2, 0.25) is 0 Å². The van der Waals surface area contributed by atoms with Crippen LogP contribution in [0.3, 0.4) is 0 Å². The molecule has 2 fully saturated rings. The molecule has 0 spiro atoms. The fraction of sp³-hybridized carbons (Fsp3) is 0.143. The number of fused-ring (bicyclic) bond motifs is 2. The summed E-state index contributed by atoms with van der Waals surface area (Å²) in [6, 6.07) is 8.82. The quantitative estimate of drug-likeness (QED) is 0.533. The molecular formula is C28H24O8Ti+2. The molecule has 186 valence electrons. The van der Waals surface area contributed by atoms with E-state index in [1.54, 1.807) is 12.1 Å². The first kappa shape index (κ1) is 30.5. The van der Waals surface area contributed by atoms with E-state index in [1.807, 2.05) is 64.2 Å². The van der Waals surface area contributed by atoms with Crippen LogP contribution >= 0.6 is 0 Å². The van der Waals surface area contributed by atoms with Gasteiger partial charge in [0.1, 0.15) is 26.4 Å². The maximum atomic E-state index is 10.5. The predicted octanol–water partition coefficient (Wildman–Crippen LogP) is 1.68. The van der Waals surface area contributed by atoms with Crippen molar-refractivity contribution in [2.45, 2.75) is 0 Å². The second kappa shape index (κ2) is 16.9. The number of carbonyl (C=O) groups is 2. The van der Waals surface area contributed by atoms with Crippen molar-refractivity contribution in [1.29, 1.82) is 0 Å². The first-order chi connectivity index (χ1) is 17.5. The number of aromatic carboxylic acids is 2. The van der Waals surface area contributed by atoms with Crippen LogP contribution in [-0.2, 0) is 21.7 Å². The largest absolute Gasteiger partial charge is 4.00 e. The van der Waals surface area contributed by atoms with E-state index in [9.17, 15) is 19.8 Å². The van der Waals surface area contributed by atoms with Gasteiger partial charge in [-0.15, -0.1) is 0 Å². The number of benzene rings is 2. The number of hydrogen-bond donors (Lipinski definition) is 0. The average molecular weight is 536 g/mol. The maximum absolute atomic E-state index is 10.5. The van der Waals surface area contributed by atoms with Crippen molar-refractivity contribution in [2.24, 2.45) is 0 Å². The van der Waals surface area contributed by atoms with Crippen molar-refractivity contribution >= 4 is 11.9 Å². The summed E-state index contributed by atoms with van der Waals surface area (Å²) in [6.45, 7) is 1.89. The molecule has 9 heteroatoms. The zero-order valence-corrected chi connectivity index (χ0v) is 21.4. The molecule has 0 atom stereocenters. The Kier molecular flexibility index (Phi) is 14.0. The molecule has 4 aliphatic rings. The van der Waals surface area contributed by atoms with Crippen molar-refractivity contribution in [2.75, 3.05) is 26.4 Å². The minimum absolute atomic E-state index is 0. The second-order valence-corrected chi connectivity index (χ2v) is 7.22. The number of hydrogen-bond acceptors (Lipinski definition) is 8. The van der Waals surface area contributed by atoms with Gasteiger partial charge < -0.3 is 38.7 Å². The van der Waals surface area contributed by atoms with Gasteiger partial charge in [-0.1, -0.05) is 0 Å². The van der Waals surface area contributed by atoms with Crippen LogP contribution < -0.4 is 29.2 Å². The third-order valence-corrected chi connectivity index (χ3v) is 4.67. The van der Waals surface area contributed by atoms with E-state index in [0.29, 0.717) is 49.4 Å². The van der Waals surface area contributed by atoms with E-state index in [0.717, 1.165) is 0 Å². The van der Waals surface area contributed by atoms with Gasteiger partial charge in [0, 0.05) is 11.1 Å². The molecule has 2 aromatic carbocycles. The topological polar surface area (TPSA) is 117 Å². The van der Waals surface area contributed by atoms with Crippen molar-refractivity contribution in [3.8, 4) is 23.0 Å². The Labute approximate surface area is 233 Å².